The third-order valence-corrected chi connectivity index (χ3v) is 14.3. The lowest BCUT2D eigenvalue weighted by Crippen LogP contribution is -2.06. The number of benzene rings is 9. The van der Waals surface area contributed by atoms with Gasteiger partial charge in [0, 0.05) is 36.9 Å². The standard InChI is InChI=1S/C60H41N3S/c1-37-35-51-44-26-10-9-23-41(44)36-52(51)55(38(37)2)59-58(46-28-14-12-25-43(46)40-21-7-4-8-22-40)60(62-63-61-59)57-47(45-27-13-11-24-42(45)39-19-5-3-6-20-39)30-17-31-49(57)48-32-18-34-54-56(48)50-29-15-16-33-53(50)64-54/h3-35H,36H2,1-2H3. The van der Waals surface area contributed by atoms with Gasteiger partial charge >= 0.3 is 0 Å². The summed E-state index contributed by atoms with van der Waals surface area (Å²) in [7, 11) is 0. The van der Waals surface area contributed by atoms with Gasteiger partial charge in [0.05, 0.1) is 0 Å². The Morgan fingerprint density at radius 2 is 0.906 bits per heavy atom. The lowest BCUT2D eigenvalue weighted by molar-refractivity contribution is 0.877. The number of rotatable bonds is 7. The Morgan fingerprint density at radius 1 is 0.391 bits per heavy atom. The summed E-state index contributed by atoms with van der Waals surface area (Å²) in [6.45, 7) is 4.48. The Kier molecular flexibility index (Phi) is 9.20. The van der Waals surface area contributed by atoms with E-state index in [2.05, 4.69) is 214 Å². The molecule has 4 heteroatoms. The van der Waals surface area contributed by atoms with E-state index in [-0.39, 0.29) is 0 Å². The highest BCUT2D eigenvalue weighted by Crippen LogP contribution is 2.53. The summed E-state index contributed by atoms with van der Waals surface area (Å²) in [4.78, 5) is 0. The first-order chi connectivity index (χ1) is 31.6. The van der Waals surface area contributed by atoms with Crippen LogP contribution in [0.1, 0.15) is 22.3 Å². The predicted octanol–water partition coefficient (Wildman–Crippen LogP) is 16.1. The molecular formula is C60H41N3S. The Balaban J connectivity index is 1.25. The molecule has 11 aromatic rings. The zero-order valence-corrected chi connectivity index (χ0v) is 36.3. The maximum absolute atomic E-state index is 5.28. The van der Waals surface area contributed by atoms with Crippen molar-refractivity contribution in [1.82, 2.24) is 15.4 Å². The Bertz CT molecular complexity index is 3610. The smallest absolute Gasteiger partial charge is 0.106 e. The molecule has 0 unspecified atom stereocenters. The van der Waals surface area contributed by atoms with E-state index in [1.807, 2.05) is 11.3 Å². The normalized spacial score (nSPS) is 11.8. The summed E-state index contributed by atoms with van der Waals surface area (Å²) < 4.78 is 2.52. The molecule has 1 aliphatic rings. The third-order valence-electron chi connectivity index (χ3n) is 13.2. The maximum atomic E-state index is 5.28. The molecule has 2 aromatic heterocycles. The lowest BCUT2D eigenvalue weighted by Gasteiger charge is -2.23. The number of hydrogen-bond acceptors (Lipinski definition) is 4. The minimum Gasteiger partial charge on any atom is -0.135 e. The summed E-state index contributed by atoms with van der Waals surface area (Å²) in [6.07, 6.45) is 0.820. The second-order valence-corrected chi connectivity index (χ2v) is 17.8. The quantitative estimate of drug-likeness (QED) is 0.161. The molecule has 0 radical (unpaired) electrons. The van der Waals surface area contributed by atoms with E-state index in [0.717, 1.165) is 84.6 Å². The van der Waals surface area contributed by atoms with Crippen LogP contribution in [0.4, 0.5) is 0 Å². The molecule has 2 heterocycles. The molecule has 0 aliphatic heterocycles. The number of nitrogens with zero attached hydrogens (tertiary/aromatic N) is 3. The number of aromatic nitrogens is 3. The van der Waals surface area contributed by atoms with Crippen LogP contribution in [0.3, 0.4) is 0 Å². The summed E-state index contributed by atoms with van der Waals surface area (Å²) in [5.41, 5.74) is 22.4. The van der Waals surface area contributed by atoms with Crippen LogP contribution in [0.15, 0.2) is 200 Å². The van der Waals surface area contributed by atoms with Crippen molar-refractivity contribution >= 4 is 31.5 Å². The second kappa shape index (κ2) is 15.5. The van der Waals surface area contributed by atoms with Crippen molar-refractivity contribution in [3.63, 3.8) is 0 Å². The third kappa shape index (κ3) is 6.13. The highest BCUT2D eigenvalue weighted by atomic mass is 32.1. The molecule has 0 spiro atoms. The predicted molar refractivity (Wildman–Crippen MR) is 268 cm³/mol. The van der Waals surface area contributed by atoms with Gasteiger partial charge in [-0.05, 0) is 121 Å². The maximum Gasteiger partial charge on any atom is 0.106 e. The fourth-order valence-corrected chi connectivity index (χ4v) is 11.3. The van der Waals surface area contributed by atoms with Gasteiger partial charge in [0.1, 0.15) is 11.4 Å². The first kappa shape index (κ1) is 37.9. The van der Waals surface area contributed by atoms with E-state index in [1.165, 1.54) is 53.6 Å². The summed E-state index contributed by atoms with van der Waals surface area (Å²) in [5, 5.41) is 17.8. The molecule has 1 aliphatic carbocycles. The molecule has 9 aromatic carbocycles. The first-order valence-electron chi connectivity index (χ1n) is 21.9. The molecule has 0 amide bonds. The minimum atomic E-state index is 0.795. The van der Waals surface area contributed by atoms with E-state index in [0.29, 0.717) is 0 Å². The molecular weight excluding hydrogens is 795 g/mol. The van der Waals surface area contributed by atoms with Crippen LogP contribution in [-0.2, 0) is 6.42 Å². The molecule has 0 saturated carbocycles. The Hall–Kier alpha value is -7.79. The molecule has 0 bridgehead atoms. The summed E-state index contributed by atoms with van der Waals surface area (Å²) >= 11 is 1.84. The topological polar surface area (TPSA) is 38.7 Å². The van der Waals surface area contributed by atoms with Gasteiger partial charge in [0.15, 0.2) is 0 Å². The highest BCUT2D eigenvalue weighted by Gasteiger charge is 2.31. The number of thiophene rings is 1. The Morgan fingerprint density at radius 3 is 1.64 bits per heavy atom. The molecule has 0 N–H and O–H groups in total. The van der Waals surface area contributed by atoms with Gasteiger partial charge in [-0.25, -0.2) is 0 Å². The van der Waals surface area contributed by atoms with Crippen LogP contribution in [0, 0.1) is 13.8 Å². The van der Waals surface area contributed by atoms with Crippen molar-refractivity contribution in [2.24, 2.45) is 0 Å². The van der Waals surface area contributed by atoms with Crippen LogP contribution >= 0.6 is 11.3 Å². The number of hydrogen-bond donors (Lipinski definition) is 0. The van der Waals surface area contributed by atoms with Crippen molar-refractivity contribution in [2.45, 2.75) is 20.3 Å². The minimum absolute atomic E-state index is 0.795. The molecule has 64 heavy (non-hydrogen) atoms. The molecule has 0 fully saturated rings. The van der Waals surface area contributed by atoms with Gasteiger partial charge < -0.3 is 0 Å². The van der Waals surface area contributed by atoms with Gasteiger partial charge in [-0.15, -0.1) is 21.5 Å². The SMILES string of the molecule is Cc1cc2c(c(-c3nnnc(-c4c(-c5ccccc5-c5ccccc5)cccc4-c4cccc5sc6ccccc6c45)c3-c3ccccc3-c3ccccc3)c1C)Cc1ccccc1-2. The lowest BCUT2D eigenvalue weighted by atomic mass is 9.81. The molecule has 302 valence electrons. The average Bonchev–Trinajstić information content (AvgIpc) is 3.93. The van der Waals surface area contributed by atoms with Gasteiger partial charge in [-0.3, -0.25) is 0 Å². The zero-order valence-electron chi connectivity index (χ0n) is 35.5. The summed E-state index contributed by atoms with van der Waals surface area (Å²) in [6, 6.07) is 72.5. The monoisotopic (exact) mass is 835 g/mol. The largest absolute Gasteiger partial charge is 0.135 e. The van der Waals surface area contributed by atoms with Crippen LogP contribution in [-0.4, -0.2) is 15.4 Å². The van der Waals surface area contributed by atoms with Gasteiger partial charge in [-0.1, -0.05) is 188 Å². The van der Waals surface area contributed by atoms with Crippen LogP contribution in [0.5, 0.6) is 0 Å². The molecule has 0 atom stereocenters. The molecule has 3 nitrogen and oxygen atoms in total. The fourth-order valence-electron chi connectivity index (χ4n) is 10.2. The van der Waals surface area contributed by atoms with Gasteiger partial charge in [0.2, 0.25) is 0 Å². The van der Waals surface area contributed by atoms with Crippen molar-refractivity contribution in [1.29, 1.82) is 0 Å². The average molecular weight is 836 g/mol. The van der Waals surface area contributed by atoms with Gasteiger partial charge in [-0.2, -0.15) is 0 Å². The van der Waals surface area contributed by atoms with Crippen LogP contribution < -0.4 is 0 Å². The molecule has 0 saturated heterocycles. The summed E-state index contributed by atoms with van der Waals surface area (Å²) in [5.74, 6) is 0. The second-order valence-electron chi connectivity index (χ2n) is 16.7. The van der Waals surface area contributed by atoms with E-state index in [1.54, 1.807) is 0 Å². The zero-order chi connectivity index (χ0) is 42.7. The van der Waals surface area contributed by atoms with Crippen molar-refractivity contribution in [2.75, 3.05) is 0 Å². The number of fused-ring (bicyclic) bond motifs is 6. The fraction of sp³-hybridized carbons (Fsp3) is 0.0500. The molecule has 12 rings (SSSR count). The van der Waals surface area contributed by atoms with Crippen molar-refractivity contribution < 1.29 is 0 Å². The number of aryl methyl sites for hydroxylation is 1. The highest BCUT2D eigenvalue weighted by molar-refractivity contribution is 7.25. The van der Waals surface area contributed by atoms with Crippen LogP contribution in [0.25, 0.3) is 109 Å². The first-order valence-corrected chi connectivity index (χ1v) is 22.7. The van der Waals surface area contributed by atoms with Crippen molar-refractivity contribution in [3.8, 4) is 89.3 Å². The van der Waals surface area contributed by atoms with E-state index >= 15 is 0 Å². The van der Waals surface area contributed by atoms with E-state index < -0.39 is 0 Å². The Labute approximate surface area is 377 Å². The van der Waals surface area contributed by atoms with Gasteiger partial charge in [0.25, 0.3) is 0 Å². The van der Waals surface area contributed by atoms with Crippen LogP contribution in [0.2, 0.25) is 0 Å². The van der Waals surface area contributed by atoms with E-state index in [9.17, 15) is 0 Å². The van der Waals surface area contributed by atoms with Crippen molar-refractivity contribution in [3.05, 3.63) is 222 Å². The van der Waals surface area contributed by atoms with E-state index in [4.69, 9.17) is 15.4 Å².